The van der Waals surface area contributed by atoms with Crippen LogP contribution in [0.5, 0.6) is 0 Å². The van der Waals surface area contributed by atoms with Gasteiger partial charge in [0.25, 0.3) is 0 Å². The molecule has 2 heterocycles. The van der Waals surface area contributed by atoms with E-state index >= 15 is 0 Å². The summed E-state index contributed by atoms with van der Waals surface area (Å²) in [6.07, 6.45) is 6.14. The Hall–Kier alpha value is -1.30. The van der Waals surface area contributed by atoms with Crippen LogP contribution >= 0.6 is 11.5 Å². The maximum Gasteiger partial charge on any atom is 0.345 e. The van der Waals surface area contributed by atoms with Gasteiger partial charge in [0.1, 0.15) is 10.6 Å². The Morgan fingerprint density at radius 2 is 2.24 bits per heavy atom. The molecule has 0 bridgehead atoms. The van der Waals surface area contributed by atoms with Gasteiger partial charge in [-0.1, -0.05) is 19.8 Å². The number of carbonyl (C=O) groups is 1. The first-order valence-electron chi connectivity index (χ1n) is 7.84. The highest BCUT2D eigenvalue weighted by Crippen LogP contribution is 2.34. The molecule has 6 heteroatoms. The highest BCUT2D eigenvalue weighted by Gasteiger charge is 2.26. The van der Waals surface area contributed by atoms with Crippen LogP contribution in [0.1, 0.15) is 56.3 Å². The topological polar surface area (TPSA) is 68.5 Å². The SMILES string of the molecule is CCCC1CCCN(c2snc(N)c2C(=O)OCC)CC1. The van der Waals surface area contributed by atoms with Crippen molar-refractivity contribution < 1.29 is 9.53 Å². The van der Waals surface area contributed by atoms with Crippen molar-refractivity contribution in [3.63, 3.8) is 0 Å². The maximum absolute atomic E-state index is 12.1. The van der Waals surface area contributed by atoms with E-state index in [0.29, 0.717) is 18.0 Å². The minimum atomic E-state index is -0.354. The van der Waals surface area contributed by atoms with Crippen LogP contribution in [0.4, 0.5) is 10.8 Å². The van der Waals surface area contributed by atoms with Crippen LogP contribution in [0, 0.1) is 5.92 Å². The molecule has 1 atom stereocenters. The highest BCUT2D eigenvalue weighted by atomic mass is 32.1. The maximum atomic E-state index is 12.1. The fourth-order valence-corrected chi connectivity index (χ4v) is 3.82. The lowest BCUT2D eigenvalue weighted by molar-refractivity contribution is 0.0528. The van der Waals surface area contributed by atoms with Gasteiger partial charge in [-0.05, 0) is 43.6 Å². The monoisotopic (exact) mass is 311 g/mol. The standard InChI is InChI=1S/C15H25N3O2S/c1-3-6-11-7-5-9-18(10-8-11)14-12(13(16)17-21-14)15(19)20-4-2/h11H,3-10H2,1-2H3,(H2,16,17). The second kappa shape index (κ2) is 7.64. The molecule has 0 spiro atoms. The van der Waals surface area contributed by atoms with Gasteiger partial charge < -0.3 is 15.4 Å². The third-order valence-electron chi connectivity index (χ3n) is 4.01. The number of nitrogens with zero attached hydrogens (tertiary/aromatic N) is 2. The van der Waals surface area contributed by atoms with Crippen molar-refractivity contribution >= 4 is 28.3 Å². The molecule has 1 aromatic heterocycles. The smallest absolute Gasteiger partial charge is 0.345 e. The Labute approximate surface area is 130 Å². The van der Waals surface area contributed by atoms with Crippen LogP contribution in [0.15, 0.2) is 0 Å². The fourth-order valence-electron chi connectivity index (χ4n) is 2.97. The van der Waals surface area contributed by atoms with Gasteiger partial charge in [0.05, 0.1) is 6.61 Å². The van der Waals surface area contributed by atoms with Gasteiger partial charge in [0, 0.05) is 13.1 Å². The number of hydrogen-bond acceptors (Lipinski definition) is 6. The van der Waals surface area contributed by atoms with Crippen LogP contribution in [0.2, 0.25) is 0 Å². The molecule has 118 valence electrons. The molecule has 5 nitrogen and oxygen atoms in total. The quantitative estimate of drug-likeness (QED) is 0.845. The van der Waals surface area contributed by atoms with Crippen molar-refractivity contribution in [1.82, 2.24) is 4.37 Å². The summed E-state index contributed by atoms with van der Waals surface area (Å²) in [6.45, 7) is 6.33. The minimum Gasteiger partial charge on any atom is -0.462 e. The van der Waals surface area contributed by atoms with Gasteiger partial charge in [0.2, 0.25) is 0 Å². The van der Waals surface area contributed by atoms with Gasteiger partial charge in [-0.15, -0.1) is 0 Å². The second-order valence-electron chi connectivity index (χ2n) is 5.54. The molecule has 2 N–H and O–H groups in total. The van der Waals surface area contributed by atoms with Crippen LogP contribution in [-0.2, 0) is 4.74 Å². The molecule has 0 radical (unpaired) electrons. The van der Waals surface area contributed by atoms with Crippen LogP contribution < -0.4 is 10.6 Å². The molecule has 21 heavy (non-hydrogen) atoms. The zero-order valence-electron chi connectivity index (χ0n) is 12.9. The normalized spacial score (nSPS) is 19.3. The van der Waals surface area contributed by atoms with Crippen molar-refractivity contribution in [3.8, 4) is 0 Å². The summed E-state index contributed by atoms with van der Waals surface area (Å²) in [5, 5.41) is 0.878. The average molecular weight is 311 g/mol. The molecular formula is C15H25N3O2S. The van der Waals surface area contributed by atoms with Crippen LogP contribution in [0.3, 0.4) is 0 Å². The van der Waals surface area contributed by atoms with Gasteiger partial charge >= 0.3 is 5.97 Å². The minimum absolute atomic E-state index is 0.294. The Morgan fingerprint density at radius 1 is 1.43 bits per heavy atom. The average Bonchev–Trinajstić information content (AvgIpc) is 2.69. The number of rotatable bonds is 5. The molecule has 1 aliphatic heterocycles. The molecule has 1 aromatic rings. The number of aromatic nitrogens is 1. The fraction of sp³-hybridized carbons (Fsp3) is 0.733. The van der Waals surface area contributed by atoms with Crippen molar-refractivity contribution in [2.75, 3.05) is 30.3 Å². The van der Waals surface area contributed by atoms with Gasteiger partial charge in [-0.2, -0.15) is 4.37 Å². The first kappa shape index (κ1) is 16.1. The largest absolute Gasteiger partial charge is 0.462 e. The summed E-state index contributed by atoms with van der Waals surface area (Å²) in [4.78, 5) is 14.3. The summed E-state index contributed by atoms with van der Waals surface area (Å²) >= 11 is 1.31. The Balaban J connectivity index is 2.13. The summed E-state index contributed by atoms with van der Waals surface area (Å²) in [5.41, 5.74) is 6.32. The van der Waals surface area contributed by atoms with Crippen molar-refractivity contribution in [2.45, 2.75) is 46.0 Å². The molecule has 0 saturated carbocycles. The first-order chi connectivity index (χ1) is 10.2. The van der Waals surface area contributed by atoms with Crippen molar-refractivity contribution in [3.05, 3.63) is 5.56 Å². The summed E-state index contributed by atoms with van der Waals surface area (Å²) in [5.74, 6) is 0.743. The molecule has 1 aliphatic rings. The molecule has 1 unspecified atom stereocenters. The van der Waals surface area contributed by atoms with E-state index < -0.39 is 0 Å². The van der Waals surface area contributed by atoms with Gasteiger partial charge in [-0.25, -0.2) is 4.79 Å². The second-order valence-corrected chi connectivity index (χ2v) is 6.29. The van der Waals surface area contributed by atoms with E-state index in [1.54, 1.807) is 6.92 Å². The third kappa shape index (κ3) is 3.87. The van der Waals surface area contributed by atoms with Crippen LogP contribution in [0.25, 0.3) is 0 Å². The Morgan fingerprint density at radius 3 is 2.95 bits per heavy atom. The predicted octanol–water partition coefficient (Wildman–Crippen LogP) is 3.31. The third-order valence-corrected chi connectivity index (χ3v) is 4.94. The number of anilines is 2. The van der Waals surface area contributed by atoms with E-state index in [2.05, 4.69) is 16.2 Å². The molecule has 1 fully saturated rings. The van der Waals surface area contributed by atoms with Crippen molar-refractivity contribution in [2.24, 2.45) is 5.92 Å². The zero-order chi connectivity index (χ0) is 15.2. The zero-order valence-corrected chi connectivity index (χ0v) is 13.7. The van der Waals surface area contributed by atoms with E-state index in [1.807, 2.05) is 0 Å². The lowest BCUT2D eigenvalue weighted by atomic mass is 9.96. The van der Waals surface area contributed by atoms with E-state index in [0.717, 1.165) is 30.4 Å². The number of nitrogen functional groups attached to an aromatic ring is 1. The molecular weight excluding hydrogens is 286 g/mol. The number of hydrogen-bond donors (Lipinski definition) is 1. The van der Waals surface area contributed by atoms with E-state index in [1.165, 1.54) is 37.2 Å². The molecule has 0 aliphatic carbocycles. The Kier molecular flexibility index (Phi) is 5.85. The molecule has 1 saturated heterocycles. The highest BCUT2D eigenvalue weighted by molar-refractivity contribution is 7.11. The molecule has 2 rings (SSSR count). The molecule has 0 amide bonds. The number of nitrogens with two attached hydrogens (primary N) is 1. The predicted molar refractivity (Wildman–Crippen MR) is 86.9 cm³/mol. The van der Waals surface area contributed by atoms with Crippen LogP contribution in [-0.4, -0.2) is 30.0 Å². The lowest BCUT2D eigenvalue weighted by Gasteiger charge is -2.21. The van der Waals surface area contributed by atoms with E-state index in [9.17, 15) is 4.79 Å². The summed E-state index contributed by atoms with van der Waals surface area (Å²) < 4.78 is 9.27. The Bertz CT molecular complexity index is 475. The van der Waals surface area contributed by atoms with E-state index in [-0.39, 0.29) is 5.97 Å². The number of ether oxygens (including phenoxy) is 1. The number of carbonyl (C=O) groups excluding carboxylic acids is 1. The van der Waals surface area contributed by atoms with E-state index in [4.69, 9.17) is 10.5 Å². The summed E-state index contributed by atoms with van der Waals surface area (Å²) in [6, 6.07) is 0. The lowest BCUT2D eigenvalue weighted by Crippen LogP contribution is -2.25. The summed E-state index contributed by atoms with van der Waals surface area (Å²) in [7, 11) is 0. The molecule has 0 aromatic carbocycles. The van der Waals surface area contributed by atoms with Gasteiger partial charge in [0.15, 0.2) is 5.82 Å². The van der Waals surface area contributed by atoms with Gasteiger partial charge in [-0.3, -0.25) is 0 Å². The van der Waals surface area contributed by atoms with Crippen molar-refractivity contribution in [1.29, 1.82) is 0 Å². The number of esters is 1. The first-order valence-corrected chi connectivity index (χ1v) is 8.61.